The van der Waals surface area contributed by atoms with Crippen molar-refractivity contribution in [2.45, 2.75) is 13.8 Å². The first-order valence-corrected chi connectivity index (χ1v) is 6.62. The van der Waals surface area contributed by atoms with Crippen molar-refractivity contribution < 1.29 is 4.39 Å². The number of halogens is 2. The Morgan fingerprint density at radius 1 is 1.10 bits per heavy atom. The van der Waals surface area contributed by atoms with Crippen LogP contribution in [0.2, 0.25) is 5.02 Å². The third kappa shape index (κ3) is 2.14. The van der Waals surface area contributed by atoms with Gasteiger partial charge in [0.2, 0.25) is 0 Å². The summed E-state index contributed by atoms with van der Waals surface area (Å²) in [6.07, 6.45) is 1.73. The summed E-state index contributed by atoms with van der Waals surface area (Å²) >= 11 is 6.38. The summed E-state index contributed by atoms with van der Waals surface area (Å²) in [5, 5.41) is 1.34. The summed E-state index contributed by atoms with van der Waals surface area (Å²) in [5.41, 5.74) is 3.92. The van der Waals surface area contributed by atoms with Gasteiger partial charge in [0.1, 0.15) is 5.82 Å². The maximum absolute atomic E-state index is 13.4. The molecule has 100 valence electrons. The van der Waals surface area contributed by atoms with Crippen LogP contribution in [-0.4, -0.2) is 9.97 Å². The predicted octanol–water partition coefficient (Wildman–Crippen LogP) is 4.71. The first-order valence-electron chi connectivity index (χ1n) is 6.24. The van der Waals surface area contributed by atoms with Crippen LogP contribution in [0.1, 0.15) is 11.1 Å². The fourth-order valence-electron chi connectivity index (χ4n) is 2.21. The van der Waals surface area contributed by atoms with Gasteiger partial charge >= 0.3 is 0 Å². The number of pyridine rings is 2. The van der Waals surface area contributed by atoms with Crippen LogP contribution in [0, 0.1) is 19.7 Å². The van der Waals surface area contributed by atoms with Gasteiger partial charge in [-0.2, -0.15) is 0 Å². The van der Waals surface area contributed by atoms with Gasteiger partial charge in [0, 0.05) is 17.6 Å². The number of aromatic nitrogens is 2. The van der Waals surface area contributed by atoms with E-state index in [1.165, 1.54) is 12.1 Å². The van der Waals surface area contributed by atoms with Gasteiger partial charge in [-0.25, -0.2) is 9.37 Å². The molecule has 0 saturated carbocycles. The second-order valence-electron chi connectivity index (χ2n) is 4.78. The Bertz CT molecular complexity index is 815. The van der Waals surface area contributed by atoms with Crippen molar-refractivity contribution in [3.05, 3.63) is 58.5 Å². The molecule has 1 aromatic carbocycles. The second kappa shape index (κ2) is 4.84. The normalized spacial score (nSPS) is 11.0. The van der Waals surface area contributed by atoms with Gasteiger partial charge in [-0.05, 0) is 49.2 Å². The van der Waals surface area contributed by atoms with Crippen molar-refractivity contribution in [3.63, 3.8) is 0 Å². The van der Waals surface area contributed by atoms with Crippen LogP contribution in [-0.2, 0) is 0 Å². The Balaban J connectivity index is 2.33. The van der Waals surface area contributed by atoms with Crippen LogP contribution < -0.4 is 0 Å². The molecular weight excluding hydrogens is 275 g/mol. The number of fused-ring (bicyclic) bond motifs is 1. The lowest BCUT2D eigenvalue weighted by Gasteiger charge is -2.10. The lowest BCUT2D eigenvalue weighted by molar-refractivity contribution is 0.629. The Hall–Kier alpha value is -2.00. The molecule has 0 fully saturated rings. The molecule has 0 aliphatic carbocycles. The first-order chi connectivity index (χ1) is 9.56. The Morgan fingerprint density at radius 3 is 2.65 bits per heavy atom. The van der Waals surface area contributed by atoms with Gasteiger partial charge in [-0.15, -0.1) is 0 Å². The molecule has 20 heavy (non-hydrogen) atoms. The highest BCUT2D eigenvalue weighted by Gasteiger charge is 2.13. The summed E-state index contributed by atoms with van der Waals surface area (Å²) in [6.45, 7) is 3.89. The molecule has 0 unspecified atom stereocenters. The molecule has 0 aliphatic rings. The summed E-state index contributed by atoms with van der Waals surface area (Å²) in [7, 11) is 0. The van der Waals surface area contributed by atoms with E-state index in [1.807, 2.05) is 26.0 Å². The third-order valence-corrected chi connectivity index (χ3v) is 3.76. The Labute approximate surface area is 121 Å². The highest BCUT2D eigenvalue weighted by atomic mass is 35.5. The Kier molecular flexibility index (Phi) is 3.14. The van der Waals surface area contributed by atoms with Crippen LogP contribution in [0.25, 0.3) is 22.3 Å². The van der Waals surface area contributed by atoms with Crippen molar-refractivity contribution >= 4 is 22.5 Å². The van der Waals surface area contributed by atoms with Crippen LogP contribution >= 0.6 is 11.6 Å². The van der Waals surface area contributed by atoms with Crippen LogP contribution in [0.15, 0.2) is 36.5 Å². The zero-order valence-corrected chi connectivity index (χ0v) is 11.9. The molecule has 2 heterocycles. The molecule has 0 atom stereocenters. The molecule has 4 heteroatoms. The van der Waals surface area contributed by atoms with Gasteiger partial charge in [-0.1, -0.05) is 11.6 Å². The standard InChI is InChI=1S/C16H12ClFN2/c1-9-5-6-19-14(7-9)16-10(2)15(17)12-4-3-11(18)8-13(12)20-16/h3-8H,1-2H3. The summed E-state index contributed by atoms with van der Waals surface area (Å²) in [4.78, 5) is 8.85. The number of hydrogen-bond donors (Lipinski definition) is 0. The molecule has 0 N–H and O–H groups in total. The third-order valence-electron chi connectivity index (χ3n) is 3.27. The highest BCUT2D eigenvalue weighted by molar-refractivity contribution is 6.36. The van der Waals surface area contributed by atoms with E-state index < -0.39 is 0 Å². The fourth-order valence-corrected chi connectivity index (χ4v) is 2.46. The minimum Gasteiger partial charge on any atom is -0.255 e. The lowest BCUT2D eigenvalue weighted by Crippen LogP contribution is -1.95. The second-order valence-corrected chi connectivity index (χ2v) is 5.16. The maximum Gasteiger partial charge on any atom is 0.125 e. The largest absolute Gasteiger partial charge is 0.255 e. The molecule has 0 amide bonds. The molecule has 3 rings (SSSR count). The van der Waals surface area contributed by atoms with E-state index in [2.05, 4.69) is 9.97 Å². The van der Waals surface area contributed by atoms with Gasteiger partial charge in [-0.3, -0.25) is 4.98 Å². The van der Waals surface area contributed by atoms with E-state index in [9.17, 15) is 4.39 Å². The van der Waals surface area contributed by atoms with Crippen molar-refractivity contribution in [2.75, 3.05) is 0 Å². The number of aryl methyl sites for hydroxylation is 1. The topological polar surface area (TPSA) is 25.8 Å². The van der Waals surface area contributed by atoms with Gasteiger partial charge in [0.25, 0.3) is 0 Å². The van der Waals surface area contributed by atoms with E-state index in [-0.39, 0.29) is 5.82 Å². The van der Waals surface area contributed by atoms with Gasteiger partial charge in [0.05, 0.1) is 21.9 Å². The van der Waals surface area contributed by atoms with E-state index in [0.717, 1.165) is 22.2 Å². The molecule has 0 aliphatic heterocycles. The molecule has 0 bridgehead atoms. The zero-order chi connectivity index (χ0) is 14.3. The van der Waals surface area contributed by atoms with Crippen LogP contribution in [0.4, 0.5) is 4.39 Å². The monoisotopic (exact) mass is 286 g/mol. The van der Waals surface area contributed by atoms with Crippen LogP contribution in [0.5, 0.6) is 0 Å². The summed E-state index contributed by atoms with van der Waals surface area (Å²) in [5.74, 6) is -0.326. The SMILES string of the molecule is Cc1ccnc(-c2nc3cc(F)ccc3c(Cl)c2C)c1. The van der Waals surface area contributed by atoms with E-state index in [4.69, 9.17) is 11.6 Å². The van der Waals surface area contributed by atoms with Crippen LogP contribution in [0.3, 0.4) is 0 Å². The molecular formula is C16H12ClFN2. The van der Waals surface area contributed by atoms with Gasteiger partial charge in [0.15, 0.2) is 0 Å². The Morgan fingerprint density at radius 2 is 1.90 bits per heavy atom. The van der Waals surface area contributed by atoms with Crippen molar-refractivity contribution in [2.24, 2.45) is 0 Å². The van der Waals surface area contributed by atoms with Crippen molar-refractivity contribution in [1.82, 2.24) is 9.97 Å². The predicted molar refractivity (Wildman–Crippen MR) is 79.4 cm³/mol. The zero-order valence-electron chi connectivity index (χ0n) is 11.1. The average molecular weight is 287 g/mol. The smallest absolute Gasteiger partial charge is 0.125 e. The van der Waals surface area contributed by atoms with Gasteiger partial charge < -0.3 is 0 Å². The molecule has 2 aromatic heterocycles. The average Bonchev–Trinajstić information content (AvgIpc) is 2.42. The highest BCUT2D eigenvalue weighted by Crippen LogP contribution is 2.32. The molecule has 0 radical (unpaired) electrons. The molecule has 2 nitrogen and oxygen atoms in total. The quantitative estimate of drug-likeness (QED) is 0.647. The molecule has 3 aromatic rings. The fraction of sp³-hybridized carbons (Fsp3) is 0.125. The van der Waals surface area contributed by atoms with E-state index in [1.54, 1.807) is 12.3 Å². The summed E-state index contributed by atoms with van der Waals surface area (Å²) < 4.78 is 13.4. The lowest BCUT2D eigenvalue weighted by atomic mass is 10.1. The maximum atomic E-state index is 13.4. The van der Waals surface area contributed by atoms with E-state index >= 15 is 0 Å². The van der Waals surface area contributed by atoms with E-state index in [0.29, 0.717) is 16.2 Å². The van der Waals surface area contributed by atoms with Crippen molar-refractivity contribution in [1.29, 1.82) is 0 Å². The number of rotatable bonds is 1. The minimum absolute atomic E-state index is 0.326. The first kappa shape index (κ1) is 13.0. The molecule has 0 saturated heterocycles. The number of nitrogens with zero attached hydrogens (tertiary/aromatic N) is 2. The number of benzene rings is 1. The van der Waals surface area contributed by atoms with Crippen molar-refractivity contribution in [3.8, 4) is 11.4 Å². The minimum atomic E-state index is -0.326. The number of hydrogen-bond acceptors (Lipinski definition) is 2. The molecule has 0 spiro atoms. The summed E-state index contributed by atoms with van der Waals surface area (Å²) in [6, 6.07) is 8.29.